The van der Waals surface area contributed by atoms with Crippen molar-refractivity contribution >= 4 is 6.09 Å². The highest BCUT2D eigenvalue weighted by atomic mass is 16.7. The second kappa shape index (κ2) is 7.89. The summed E-state index contributed by atoms with van der Waals surface area (Å²) < 4.78 is 11.5. The van der Waals surface area contributed by atoms with Crippen LogP contribution in [-0.4, -0.2) is 29.9 Å². The molecule has 2 aromatic rings. The van der Waals surface area contributed by atoms with Crippen molar-refractivity contribution in [2.75, 3.05) is 6.61 Å². The van der Waals surface area contributed by atoms with Crippen LogP contribution >= 0.6 is 0 Å². The van der Waals surface area contributed by atoms with Gasteiger partial charge in [-0.05, 0) is 24.0 Å². The Balaban J connectivity index is 1.28. The fourth-order valence-corrected chi connectivity index (χ4v) is 3.69. The van der Waals surface area contributed by atoms with Crippen molar-refractivity contribution in [3.8, 4) is 0 Å². The van der Waals surface area contributed by atoms with Crippen LogP contribution in [0.15, 0.2) is 60.7 Å². The summed E-state index contributed by atoms with van der Waals surface area (Å²) in [4.78, 5) is 18.0. The van der Waals surface area contributed by atoms with Gasteiger partial charge in [0.25, 0.3) is 0 Å². The Bertz CT molecular complexity index is 721. The molecule has 136 valence electrons. The number of ether oxygens (including phenoxy) is 2. The molecule has 0 N–H and O–H groups in total. The van der Waals surface area contributed by atoms with E-state index in [1.165, 1.54) is 10.6 Å². The predicted octanol–water partition coefficient (Wildman–Crippen LogP) is 3.93. The molecule has 1 aliphatic heterocycles. The molecule has 1 saturated heterocycles. The standard InChI is InChI=1S/C21H23NO4/c23-21(25-14-17-9-5-2-6-10-17)22-20-12-19(11-18(20)15-26-22)24-13-16-7-3-1-4-8-16/h1-10,18-20H,11-15H2/t18-,19+,20-/m0/s1. The molecule has 1 aliphatic carbocycles. The zero-order chi connectivity index (χ0) is 17.8. The van der Waals surface area contributed by atoms with Crippen molar-refractivity contribution in [1.29, 1.82) is 0 Å². The van der Waals surface area contributed by atoms with Crippen LogP contribution in [0.1, 0.15) is 24.0 Å². The van der Waals surface area contributed by atoms with Gasteiger partial charge in [-0.15, -0.1) is 0 Å². The molecule has 4 rings (SSSR count). The second-order valence-electron chi connectivity index (χ2n) is 6.88. The molecule has 1 heterocycles. The van der Waals surface area contributed by atoms with Gasteiger partial charge in [0, 0.05) is 5.92 Å². The molecule has 1 amide bonds. The van der Waals surface area contributed by atoms with Crippen molar-refractivity contribution in [3.05, 3.63) is 71.8 Å². The average Bonchev–Trinajstić information content (AvgIpc) is 3.26. The number of hydroxylamine groups is 2. The zero-order valence-electron chi connectivity index (χ0n) is 14.6. The van der Waals surface area contributed by atoms with E-state index in [0.717, 1.165) is 18.4 Å². The Labute approximate surface area is 153 Å². The van der Waals surface area contributed by atoms with E-state index in [0.29, 0.717) is 19.1 Å². The van der Waals surface area contributed by atoms with Crippen LogP contribution in [0, 0.1) is 5.92 Å². The lowest BCUT2D eigenvalue weighted by Crippen LogP contribution is -2.36. The van der Waals surface area contributed by atoms with Gasteiger partial charge in [-0.3, -0.25) is 4.84 Å². The van der Waals surface area contributed by atoms with Gasteiger partial charge in [-0.25, -0.2) is 4.79 Å². The molecule has 5 nitrogen and oxygen atoms in total. The number of amides is 1. The summed E-state index contributed by atoms with van der Waals surface area (Å²) in [6.07, 6.45) is 1.45. The number of nitrogens with zero attached hydrogens (tertiary/aromatic N) is 1. The van der Waals surface area contributed by atoms with Crippen LogP contribution in [-0.2, 0) is 27.5 Å². The van der Waals surface area contributed by atoms with E-state index >= 15 is 0 Å². The highest BCUT2D eigenvalue weighted by Crippen LogP contribution is 2.38. The molecule has 1 saturated carbocycles. The number of hydrogen-bond acceptors (Lipinski definition) is 4. The van der Waals surface area contributed by atoms with E-state index in [1.54, 1.807) is 0 Å². The lowest BCUT2D eigenvalue weighted by atomic mass is 10.1. The molecule has 0 spiro atoms. The highest BCUT2D eigenvalue weighted by Gasteiger charge is 2.46. The van der Waals surface area contributed by atoms with Crippen molar-refractivity contribution < 1.29 is 19.1 Å². The molecule has 0 bridgehead atoms. The van der Waals surface area contributed by atoms with Crippen LogP contribution in [0.3, 0.4) is 0 Å². The molecule has 0 aromatic heterocycles. The topological polar surface area (TPSA) is 48.0 Å². The number of rotatable bonds is 5. The van der Waals surface area contributed by atoms with Crippen molar-refractivity contribution in [2.24, 2.45) is 5.92 Å². The molecule has 2 aliphatic rings. The maximum absolute atomic E-state index is 12.4. The van der Waals surface area contributed by atoms with E-state index in [2.05, 4.69) is 12.1 Å². The third-order valence-electron chi connectivity index (χ3n) is 5.06. The normalized spacial score (nSPS) is 24.5. The Kier molecular flexibility index (Phi) is 5.18. The van der Waals surface area contributed by atoms with Gasteiger partial charge in [0.1, 0.15) is 6.61 Å². The number of hydrogen-bond donors (Lipinski definition) is 0. The zero-order valence-corrected chi connectivity index (χ0v) is 14.6. The Morgan fingerprint density at radius 2 is 1.62 bits per heavy atom. The van der Waals surface area contributed by atoms with Crippen LogP contribution in [0.25, 0.3) is 0 Å². The first-order chi connectivity index (χ1) is 12.8. The molecule has 0 radical (unpaired) electrons. The molecule has 0 unspecified atom stereocenters. The first-order valence-electron chi connectivity index (χ1n) is 9.08. The molecule has 3 atom stereocenters. The summed E-state index contributed by atoms with van der Waals surface area (Å²) in [6, 6.07) is 19.9. The molecule has 5 heteroatoms. The lowest BCUT2D eigenvalue weighted by molar-refractivity contribution is -0.119. The van der Waals surface area contributed by atoms with Crippen LogP contribution < -0.4 is 0 Å². The summed E-state index contributed by atoms with van der Waals surface area (Å²) in [5.41, 5.74) is 2.13. The maximum Gasteiger partial charge on any atom is 0.434 e. The molecular formula is C21H23NO4. The van der Waals surface area contributed by atoms with E-state index in [1.807, 2.05) is 48.5 Å². The highest BCUT2D eigenvalue weighted by molar-refractivity contribution is 5.67. The van der Waals surface area contributed by atoms with Gasteiger partial charge >= 0.3 is 6.09 Å². The van der Waals surface area contributed by atoms with Crippen molar-refractivity contribution in [3.63, 3.8) is 0 Å². The fourth-order valence-electron chi connectivity index (χ4n) is 3.69. The average molecular weight is 353 g/mol. The number of benzene rings is 2. The first-order valence-corrected chi connectivity index (χ1v) is 9.08. The monoisotopic (exact) mass is 353 g/mol. The van der Waals surface area contributed by atoms with E-state index in [-0.39, 0.29) is 18.8 Å². The van der Waals surface area contributed by atoms with Crippen LogP contribution in [0.2, 0.25) is 0 Å². The number of fused-ring (bicyclic) bond motifs is 1. The first kappa shape index (κ1) is 17.1. The summed E-state index contributed by atoms with van der Waals surface area (Å²) in [5.74, 6) is 0.319. The van der Waals surface area contributed by atoms with Crippen molar-refractivity contribution in [2.45, 2.75) is 38.2 Å². The smallest absolute Gasteiger partial charge is 0.434 e. The Morgan fingerprint density at radius 3 is 2.31 bits per heavy atom. The van der Waals surface area contributed by atoms with Gasteiger partial charge in [-0.2, -0.15) is 5.06 Å². The molecule has 2 fully saturated rings. The van der Waals surface area contributed by atoms with Crippen LogP contribution in [0.5, 0.6) is 0 Å². The van der Waals surface area contributed by atoms with Gasteiger partial charge in [-0.1, -0.05) is 60.7 Å². The summed E-state index contributed by atoms with van der Waals surface area (Å²) in [7, 11) is 0. The van der Waals surface area contributed by atoms with Gasteiger partial charge in [0.2, 0.25) is 0 Å². The third-order valence-corrected chi connectivity index (χ3v) is 5.06. The summed E-state index contributed by atoms with van der Waals surface area (Å²) >= 11 is 0. The minimum Gasteiger partial charge on any atom is -0.443 e. The number of carbonyl (C=O) groups excluding carboxylic acids is 1. The van der Waals surface area contributed by atoms with Gasteiger partial charge in [0.05, 0.1) is 25.4 Å². The van der Waals surface area contributed by atoms with E-state index < -0.39 is 6.09 Å². The second-order valence-corrected chi connectivity index (χ2v) is 6.88. The quantitative estimate of drug-likeness (QED) is 0.817. The lowest BCUT2D eigenvalue weighted by Gasteiger charge is -2.21. The van der Waals surface area contributed by atoms with Gasteiger partial charge < -0.3 is 9.47 Å². The summed E-state index contributed by atoms with van der Waals surface area (Å²) in [6.45, 7) is 1.41. The Hall–Kier alpha value is -2.37. The van der Waals surface area contributed by atoms with Gasteiger partial charge in [0.15, 0.2) is 0 Å². The van der Waals surface area contributed by atoms with Crippen LogP contribution in [0.4, 0.5) is 4.79 Å². The molecule has 2 aromatic carbocycles. The predicted molar refractivity (Wildman–Crippen MR) is 95.9 cm³/mol. The maximum atomic E-state index is 12.4. The van der Waals surface area contributed by atoms with E-state index in [4.69, 9.17) is 14.3 Å². The number of carbonyl (C=O) groups is 1. The fraction of sp³-hybridized carbons (Fsp3) is 0.381. The third kappa shape index (κ3) is 3.89. The minimum atomic E-state index is -0.412. The SMILES string of the molecule is O=C(OCc1ccccc1)N1OC[C@@H]2C[C@@H](OCc3ccccc3)C[C@@H]21. The summed E-state index contributed by atoms with van der Waals surface area (Å²) in [5, 5.41) is 1.42. The molecular weight excluding hydrogens is 330 g/mol. The van der Waals surface area contributed by atoms with Crippen molar-refractivity contribution in [1.82, 2.24) is 5.06 Å². The Morgan fingerprint density at radius 1 is 0.962 bits per heavy atom. The minimum absolute atomic E-state index is 0.0408. The van der Waals surface area contributed by atoms with E-state index in [9.17, 15) is 4.79 Å². The molecule has 26 heavy (non-hydrogen) atoms. The largest absolute Gasteiger partial charge is 0.443 e.